The largest absolute Gasteiger partial charge is 0.392 e. The van der Waals surface area contributed by atoms with Crippen LogP contribution in [0.5, 0.6) is 0 Å². The van der Waals surface area contributed by atoms with Crippen LogP contribution in [0.15, 0.2) is 11.5 Å². The molecule has 2 heterocycles. The molecule has 4 unspecified atom stereocenters. The first-order valence-electron chi connectivity index (χ1n) is 6.09. The lowest BCUT2D eigenvalue weighted by Gasteiger charge is -2.27. The fraction of sp³-hybridized carbons (Fsp3) is 0.750. The number of carbonyl (C=O) groups is 1. The predicted octanol–water partition coefficient (Wildman–Crippen LogP) is 0.433. The molecule has 2 aliphatic heterocycles. The third-order valence-corrected chi connectivity index (χ3v) is 4.67. The van der Waals surface area contributed by atoms with Crippen LogP contribution in [0.4, 0.5) is 0 Å². The minimum absolute atomic E-state index is 0.122. The summed E-state index contributed by atoms with van der Waals surface area (Å²) in [6.45, 7) is 2.90. The Morgan fingerprint density at radius 2 is 2.47 bits per heavy atom. The average molecular weight is 256 g/mol. The first-order chi connectivity index (χ1) is 8.13. The second kappa shape index (κ2) is 5.42. The smallest absolute Gasteiger partial charge is 0.240 e. The van der Waals surface area contributed by atoms with E-state index in [1.165, 1.54) is 0 Å². The molecule has 17 heavy (non-hydrogen) atoms. The van der Waals surface area contributed by atoms with E-state index in [0.29, 0.717) is 17.7 Å². The van der Waals surface area contributed by atoms with Crippen molar-refractivity contribution in [1.82, 2.24) is 10.2 Å². The SMILES string of the molecule is CNC1C(=O)N(CC(C)O)CCC2C=CSC21. The summed E-state index contributed by atoms with van der Waals surface area (Å²) in [6.07, 6.45) is 2.74. The van der Waals surface area contributed by atoms with Gasteiger partial charge in [-0.05, 0) is 31.7 Å². The number of β-amino-alcohol motifs (C(OH)–C–C–N with tert-alkyl or cyclic N) is 1. The Hall–Kier alpha value is -0.520. The summed E-state index contributed by atoms with van der Waals surface area (Å²) >= 11 is 1.74. The van der Waals surface area contributed by atoms with Crippen molar-refractivity contribution < 1.29 is 9.90 Å². The van der Waals surface area contributed by atoms with E-state index in [9.17, 15) is 9.90 Å². The maximum absolute atomic E-state index is 12.4. The molecule has 0 aromatic carbocycles. The molecular formula is C12H20N2O2S. The summed E-state index contributed by atoms with van der Waals surface area (Å²) in [5.41, 5.74) is 0. The Morgan fingerprint density at radius 3 is 3.12 bits per heavy atom. The van der Waals surface area contributed by atoms with Crippen molar-refractivity contribution >= 4 is 17.7 Å². The van der Waals surface area contributed by atoms with Gasteiger partial charge in [0.25, 0.3) is 0 Å². The molecule has 4 nitrogen and oxygen atoms in total. The number of carbonyl (C=O) groups excluding carboxylic acids is 1. The summed E-state index contributed by atoms with van der Waals surface area (Å²) in [6, 6.07) is -0.138. The van der Waals surface area contributed by atoms with Gasteiger partial charge in [-0.1, -0.05) is 6.08 Å². The van der Waals surface area contributed by atoms with Gasteiger partial charge in [0.05, 0.1) is 12.1 Å². The quantitative estimate of drug-likeness (QED) is 0.769. The molecule has 1 saturated heterocycles. The molecule has 96 valence electrons. The van der Waals surface area contributed by atoms with Crippen molar-refractivity contribution in [2.45, 2.75) is 30.7 Å². The fourth-order valence-electron chi connectivity index (χ4n) is 2.57. The van der Waals surface area contributed by atoms with Gasteiger partial charge >= 0.3 is 0 Å². The number of amides is 1. The van der Waals surface area contributed by atoms with Crippen molar-refractivity contribution in [3.8, 4) is 0 Å². The number of likely N-dealkylation sites (tertiary alicyclic amines) is 1. The van der Waals surface area contributed by atoms with Gasteiger partial charge in [-0.2, -0.15) is 0 Å². The highest BCUT2D eigenvalue weighted by Gasteiger charge is 2.40. The lowest BCUT2D eigenvalue weighted by atomic mass is 9.98. The highest BCUT2D eigenvalue weighted by atomic mass is 32.2. The molecule has 2 rings (SSSR count). The standard InChI is InChI=1S/C12H20N2O2S/c1-8(15)7-14-5-3-9-4-6-17-11(9)10(13-2)12(14)16/h4,6,8-11,13,15H,3,5,7H2,1-2H3. The van der Waals surface area contributed by atoms with Crippen molar-refractivity contribution in [1.29, 1.82) is 0 Å². The van der Waals surface area contributed by atoms with Crippen LogP contribution in [0.3, 0.4) is 0 Å². The van der Waals surface area contributed by atoms with E-state index >= 15 is 0 Å². The number of allylic oxidation sites excluding steroid dienone is 1. The third-order valence-electron chi connectivity index (χ3n) is 3.42. The first-order valence-corrected chi connectivity index (χ1v) is 7.04. The van der Waals surface area contributed by atoms with Crippen LogP contribution in [-0.2, 0) is 4.79 Å². The number of aliphatic hydroxyl groups is 1. The molecule has 0 aromatic rings. The Balaban J connectivity index is 2.13. The van der Waals surface area contributed by atoms with E-state index < -0.39 is 6.10 Å². The summed E-state index contributed by atoms with van der Waals surface area (Å²) in [4.78, 5) is 14.2. The van der Waals surface area contributed by atoms with Crippen LogP contribution >= 0.6 is 11.8 Å². The highest BCUT2D eigenvalue weighted by molar-refractivity contribution is 8.03. The van der Waals surface area contributed by atoms with Crippen molar-refractivity contribution in [3.63, 3.8) is 0 Å². The molecule has 2 aliphatic rings. The van der Waals surface area contributed by atoms with Crippen LogP contribution in [0.2, 0.25) is 0 Å². The van der Waals surface area contributed by atoms with E-state index in [1.807, 2.05) is 7.05 Å². The average Bonchev–Trinajstić information content (AvgIpc) is 2.68. The lowest BCUT2D eigenvalue weighted by molar-refractivity contribution is -0.133. The van der Waals surface area contributed by atoms with Gasteiger partial charge in [0.2, 0.25) is 5.91 Å². The number of nitrogens with one attached hydrogen (secondary N) is 1. The van der Waals surface area contributed by atoms with Gasteiger partial charge in [0.15, 0.2) is 0 Å². The number of hydrogen-bond donors (Lipinski definition) is 2. The van der Waals surface area contributed by atoms with E-state index in [-0.39, 0.29) is 11.9 Å². The van der Waals surface area contributed by atoms with Crippen LogP contribution in [0.25, 0.3) is 0 Å². The maximum Gasteiger partial charge on any atom is 0.240 e. The van der Waals surface area contributed by atoms with Gasteiger partial charge in [-0.25, -0.2) is 0 Å². The molecule has 0 aliphatic carbocycles. The number of likely N-dealkylation sites (N-methyl/N-ethyl adjacent to an activating group) is 1. The van der Waals surface area contributed by atoms with E-state index in [0.717, 1.165) is 13.0 Å². The van der Waals surface area contributed by atoms with Gasteiger partial charge in [0, 0.05) is 18.3 Å². The summed E-state index contributed by atoms with van der Waals surface area (Å²) in [5.74, 6) is 0.595. The highest BCUT2D eigenvalue weighted by Crippen LogP contribution is 2.36. The minimum Gasteiger partial charge on any atom is -0.392 e. The van der Waals surface area contributed by atoms with Crippen LogP contribution < -0.4 is 5.32 Å². The van der Waals surface area contributed by atoms with Gasteiger partial charge < -0.3 is 15.3 Å². The molecule has 0 aromatic heterocycles. The summed E-state index contributed by atoms with van der Waals surface area (Å²) in [5, 5.41) is 15.0. The summed E-state index contributed by atoms with van der Waals surface area (Å²) in [7, 11) is 1.84. The molecule has 4 atom stereocenters. The Morgan fingerprint density at radius 1 is 1.71 bits per heavy atom. The first kappa shape index (κ1) is 12.9. The second-order valence-corrected chi connectivity index (χ2v) is 5.87. The van der Waals surface area contributed by atoms with E-state index in [1.54, 1.807) is 23.6 Å². The van der Waals surface area contributed by atoms with E-state index in [4.69, 9.17) is 0 Å². The maximum atomic E-state index is 12.4. The minimum atomic E-state index is -0.461. The zero-order valence-electron chi connectivity index (χ0n) is 10.3. The van der Waals surface area contributed by atoms with Crippen LogP contribution in [0, 0.1) is 5.92 Å². The topological polar surface area (TPSA) is 52.6 Å². The molecule has 0 saturated carbocycles. The number of aliphatic hydroxyl groups excluding tert-OH is 1. The van der Waals surface area contributed by atoms with Gasteiger partial charge in [0.1, 0.15) is 0 Å². The monoisotopic (exact) mass is 256 g/mol. The van der Waals surface area contributed by atoms with Crippen molar-refractivity contribution in [3.05, 3.63) is 11.5 Å². The van der Waals surface area contributed by atoms with Crippen LogP contribution in [-0.4, -0.2) is 53.4 Å². The Bertz CT molecular complexity index is 320. The molecule has 0 bridgehead atoms. The lowest BCUT2D eigenvalue weighted by Crippen LogP contribution is -2.50. The van der Waals surface area contributed by atoms with Crippen LogP contribution in [0.1, 0.15) is 13.3 Å². The van der Waals surface area contributed by atoms with Gasteiger partial charge in [-0.3, -0.25) is 4.79 Å². The zero-order chi connectivity index (χ0) is 12.4. The number of fused-ring (bicyclic) bond motifs is 1. The normalized spacial score (nSPS) is 34.6. The fourth-order valence-corrected chi connectivity index (χ4v) is 3.89. The Kier molecular flexibility index (Phi) is 4.12. The zero-order valence-corrected chi connectivity index (χ0v) is 11.1. The number of thioether (sulfide) groups is 1. The summed E-state index contributed by atoms with van der Waals surface area (Å²) < 4.78 is 0. The Labute approximate surface area is 106 Å². The molecule has 1 amide bonds. The number of hydrogen-bond acceptors (Lipinski definition) is 4. The molecule has 0 spiro atoms. The third kappa shape index (κ3) is 2.67. The predicted molar refractivity (Wildman–Crippen MR) is 69.7 cm³/mol. The molecule has 1 fully saturated rings. The molecular weight excluding hydrogens is 236 g/mol. The number of rotatable bonds is 3. The van der Waals surface area contributed by atoms with Gasteiger partial charge in [-0.15, -0.1) is 11.8 Å². The van der Waals surface area contributed by atoms with Crippen molar-refractivity contribution in [2.75, 3.05) is 20.1 Å². The molecule has 5 heteroatoms. The van der Waals surface area contributed by atoms with Crippen molar-refractivity contribution in [2.24, 2.45) is 5.92 Å². The molecule has 2 N–H and O–H groups in total. The van der Waals surface area contributed by atoms with E-state index in [2.05, 4.69) is 16.8 Å². The number of nitrogens with zero attached hydrogens (tertiary/aromatic N) is 1. The second-order valence-electron chi connectivity index (χ2n) is 4.78. The molecule has 0 radical (unpaired) electrons.